The van der Waals surface area contributed by atoms with Crippen LogP contribution < -0.4 is 20.3 Å². The Bertz CT molecular complexity index is 533. The third-order valence-electron chi connectivity index (χ3n) is 3.66. The Kier molecular flexibility index (Phi) is 6.22. The number of methoxy groups -OCH3 is 2. The Labute approximate surface area is 135 Å². The number of ether oxygens (including phenoxy) is 2. The average molecular weight is 321 g/mol. The summed E-state index contributed by atoms with van der Waals surface area (Å²) in [5, 5.41) is 5.58. The van der Waals surface area contributed by atoms with Gasteiger partial charge in [-0.2, -0.15) is 0 Å². The first-order chi connectivity index (χ1) is 11.1. The van der Waals surface area contributed by atoms with Gasteiger partial charge in [-0.1, -0.05) is 0 Å². The smallest absolute Gasteiger partial charge is 0.315 e. The lowest BCUT2D eigenvalue weighted by Gasteiger charge is -2.17. The number of amides is 3. The first-order valence-electron chi connectivity index (χ1n) is 7.61. The molecular formula is C16H23N3O4. The van der Waals surface area contributed by atoms with Crippen LogP contribution in [0.2, 0.25) is 0 Å². The molecule has 1 aliphatic heterocycles. The molecule has 1 aromatic rings. The summed E-state index contributed by atoms with van der Waals surface area (Å²) in [4.78, 5) is 25.6. The molecule has 3 amide bonds. The van der Waals surface area contributed by atoms with Gasteiger partial charge in [0.15, 0.2) is 0 Å². The highest BCUT2D eigenvalue weighted by atomic mass is 16.5. The quantitative estimate of drug-likeness (QED) is 0.738. The van der Waals surface area contributed by atoms with E-state index in [1.165, 1.54) is 0 Å². The highest BCUT2D eigenvalue weighted by Crippen LogP contribution is 2.24. The van der Waals surface area contributed by atoms with Gasteiger partial charge in [-0.3, -0.25) is 4.79 Å². The molecule has 0 aromatic heterocycles. The van der Waals surface area contributed by atoms with Crippen LogP contribution in [0.4, 0.5) is 10.5 Å². The SMILES string of the molecule is COCCCNC(=O)NC1CC(=O)N(c2ccc(OC)cc2)C1. The fourth-order valence-electron chi connectivity index (χ4n) is 2.47. The van der Waals surface area contributed by atoms with Gasteiger partial charge in [0.2, 0.25) is 5.91 Å². The van der Waals surface area contributed by atoms with E-state index in [0.717, 1.165) is 17.9 Å². The summed E-state index contributed by atoms with van der Waals surface area (Å²) in [5.74, 6) is 0.741. The second-order valence-corrected chi connectivity index (χ2v) is 5.35. The van der Waals surface area contributed by atoms with Gasteiger partial charge >= 0.3 is 6.03 Å². The number of benzene rings is 1. The van der Waals surface area contributed by atoms with Crippen LogP contribution in [0.3, 0.4) is 0 Å². The van der Waals surface area contributed by atoms with Crippen molar-refractivity contribution in [2.75, 3.05) is 38.8 Å². The van der Waals surface area contributed by atoms with Crippen LogP contribution in [0.1, 0.15) is 12.8 Å². The van der Waals surface area contributed by atoms with Crippen molar-refractivity contribution in [3.05, 3.63) is 24.3 Å². The summed E-state index contributed by atoms with van der Waals surface area (Å²) in [6, 6.07) is 6.86. The number of nitrogens with zero attached hydrogens (tertiary/aromatic N) is 1. The summed E-state index contributed by atoms with van der Waals surface area (Å²) in [5.41, 5.74) is 0.806. The molecular weight excluding hydrogens is 298 g/mol. The molecule has 1 aliphatic rings. The number of hydrogen-bond donors (Lipinski definition) is 2. The first-order valence-corrected chi connectivity index (χ1v) is 7.61. The highest BCUT2D eigenvalue weighted by Gasteiger charge is 2.31. The number of hydrogen-bond acceptors (Lipinski definition) is 4. The van der Waals surface area contributed by atoms with Crippen LogP contribution in [-0.2, 0) is 9.53 Å². The minimum absolute atomic E-state index is 0.000139. The van der Waals surface area contributed by atoms with Crippen LogP contribution in [0, 0.1) is 0 Å². The molecule has 23 heavy (non-hydrogen) atoms. The minimum atomic E-state index is -0.254. The third kappa shape index (κ3) is 4.85. The van der Waals surface area contributed by atoms with Crippen molar-refractivity contribution in [3.63, 3.8) is 0 Å². The first kappa shape index (κ1) is 17.1. The zero-order chi connectivity index (χ0) is 16.7. The normalized spacial score (nSPS) is 17.2. The Morgan fingerprint density at radius 3 is 2.70 bits per heavy atom. The van der Waals surface area contributed by atoms with Crippen LogP contribution in [-0.4, -0.2) is 51.9 Å². The molecule has 1 aromatic carbocycles. The lowest BCUT2D eigenvalue weighted by molar-refractivity contribution is -0.117. The number of carbonyl (C=O) groups is 2. The largest absolute Gasteiger partial charge is 0.497 e. The predicted octanol–water partition coefficient (Wildman–Crippen LogP) is 1.14. The van der Waals surface area contributed by atoms with Crippen LogP contribution >= 0.6 is 0 Å². The maximum Gasteiger partial charge on any atom is 0.315 e. The average Bonchev–Trinajstić information content (AvgIpc) is 2.92. The maximum absolute atomic E-state index is 12.1. The van der Waals surface area contributed by atoms with E-state index in [0.29, 0.717) is 26.1 Å². The topological polar surface area (TPSA) is 79.9 Å². The summed E-state index contributed by atoms with van der Waals surface area (Å²) in [7, 11) is 3.22. The van der Waals surface area contributed by atoms with E-state index >= 15 is 0 Å². The predicted molar refractivity (Wildman–Crippen MR) is 86.8 cm³/mol. The van der Waals surface area contributed by atoms with Crippen molar-refractivity contribution in [1.29, 1.82) is 0 Å². The lowest BCUT2D eigenvalue weighted by atomic mass is 10.2. The van der Waals surface area contributed by atoms with E-state index in [4.69, 9.17) is 9.47 Å². The van der Waals surface area contributed by atoms with Crippen LogP contribution in [0.25, 0.3) is 0 Å². The summed E-state index contributed by atoms with van der Waals surface area (Å²) >= 11 is 0. The van der Waals surface area contributed by atoms with Gasteiger partial charge in [-0.05, 0) is 30.7 Å². The molecule has 0 aliphatic carbocycles. The molecule has 126 valence electrons. The molecule has 0 bridgehead atoms. The molecule has 2 rings (SSSR count). The Morgan fingerprint density at radius 2 is 2.04 bits per heavy atom. The second kappa shape index (κ2) is 8.38. The van der Waals surface area contributed by atoms with E-state index in [2.05, 4.69) is 10.6 Å². The van der Waals surface area contributed by atoms with E-state index in [9.17, 15) is 9.59 Å². The molecule has 1 unspecified atom stereocenters. The van der Waals surface area contributed by atoms with Crippen molar-refractivity contribution in [1.82, 2.24) is 10.6 Å². The summed E-state index contributed by atoms with van der Waals surface area (Å²) in [6.45, 7) is 1.62. The zero-order valence-corrected chi connectivity index (χ0v) is 13.5. The molecule has 0 radical (unpaired) electrons. The lowest BCUT2D eigenvalue weighted by Crippen LogP contribution is -2.43. The molecule has 1 atom stereocenters. The van der Waals surface area contributed by atoms with Crippen molar-refractivity contribution in [2.24, 2.45) is 0 Å². The fourth-order valence-corrected chi connectivity index (χ4v) is 2.47. The monoisotopic (exact) mass is 321 g/mol. The molecule has 1 fully saturated rings. The van der Waals surface area contributed by atoms with Crippen molar-refractivity contribution in [2.45, 2.75) is 18.9 Å². The van der Waals surface area contributed by atoms with Gasteiger partial charge in [-0.25, -0.2) is 4.79 Å². The molecule has 2 N–H and O–H groups in total. The molecule has 1 heterocycles. The minimum Gasteiger partial charge on any atom is -0.497 e. The highest BCUT2D eigenvalue weighted by molar-refractivity contribution is 5.96. The molecule has 0 saturated carbocycles. The number of anilines is 1. The van der Waals surface area contributed by atoms with Gasteiger partial charge in [0, 0.05) is 38.9 Å². The van der Waals surface area contributed by atoms with E-state index in [1.807, 2.05) is 24.3 Å². The molecule has 7 nitrogen and oxygen atoms in total. The van der Waals surface area contributed by atoms with Crippen molar-refractivity contribution >= 4 is 17.6 Å². The van der Waals surface area contributed by atoms with Gasteiger partial charge in [0.1, 0.15) is 5.75 Å². The molecule has 7 heteroatoms. The number of carbonyl (C=O) groups excluding carboxylic acids is 2. The van der Waals surface area contributed by atoms with E-state index in [1.54, 1.807) is 19.1 Å². The summed E-state index contributed by atoms with van der Waals surface area (Å²) in [6.07, 6.45) is 1.06. The standard InChI is InChI=1S/C16H23N3O4/c1-22-9-3-8-17-16(21)18-12-10-15(20)19(11-12)13-4-6-14(23-2)7-5-13/h4-7,12H,3,8-11H2,1-2H3,(H2,17,18,21). The Balaban J connectivity index is 1.83. The van der Waals surface area contributed by atoms with Crippen LogP contribution in [0.5, 0.6) is 5.75 Å². The molecule has 0 spiro atoms. The Hall–Kier alpha value is -2.28. The second-order valence-electron chi connectivity index (χ2n) is 5.35. The third-order valence-corrected chi connectivity index (χ3v) is 3.66. The number of urea groups is 1. The van der Waals surface area contributed by atoms with Gasteiger partial charge in [0.05, 0.1) is 13.2 Å². The van der Waals surface area contributed by atoms with E-state index < -0.39 is 0 Å². The van der Waals surface area contributed by atoms with Gasteiger partial charge < -0.3 is 25.0 Å². The Morgan fingerprint density at radius 1 is 1.30 bits per heavy atom. The van der Waals surface area contributed by atoms with Crippen molar-refractivity contribution in [3.8, 4) is 5.75 Å². The molecule has 1 saturated heterocycles. The fraction of sp³-hybridized carbons (Fsp3) is 0.500. The zero-order valence-electron chi connectivity index (χ0n) is 13.5. The van der Waals surface area contributed by atoms with Crippen LogP contribution in [0.15, 0.2) is 24.3 Å². The van der Waals surface area contributed by atoms with Gasteiger partial charge in [0.25, 0.3) is 0 Å². The van der Waals surface area contributed by atoms with Gasteiger partial charge in [-0.15, -0.1) is 0 Å². The summed E-state index contributed by atoms with van der Waals surface area (Å²) < 4.78 is 10.0. The maximum atomic E-state index is 12.1. The number of rotatable bonds is 7. The van der Waals surface area contributed by atoms with Crippen molar-refractivity contribution < 1.29 is 19.1 Å². The number of nitrogens with one attached hydrogen (secondary N) is 2. The van der Waals surface area contributed by atoms with E-state index in [-0.39, 0.29) is 18.0 Å².